The molecule has 92 valence electrons. The summed E-state index contributed by atoms with van der Waals surface area (Å²) in [4.78, 5) is 11.6. The fourth-order valence-corrected chi connectivity index (χ4v) is 2.09. The second-order valence-corrected chi connectivity index (χ2v) is 4.38. The molecule has 1 aromatic rings. The Morgan fingerprint density at radius 2 is 2.06 bits per heavy atom. The largest absolute Gasteiger partial charge is 0.482 e. The fourth-order valence-electron chi connectivity index (χ4n) is 2.09. The SMILES string of the molecule is Nc1ccccc1OCC(=O)NC1CCCC1. The number of benzene rings is 1. The van der Waals surface area contributed by atoms with Crippen molar-refractivity contribution < 1.29 is 9.53 Å². The van der Waals surface area contributed by atoms with E-state index >= 15 is 0 Å². The Kier molecular flexibility index (Phi) is 3.85. The van der Waals surface area contributed by atoms with E-state index in [1.807, 2.05) is 12.1 Å². The van der Waals surface area contributed by atoms with Gasteiger partial charge in [0.25, 0.3) is 5.91 Å². The number of nitrogens with two attached hydrogens (primary N) is 1. The van der Waals surface area contributed by atoms with Crippen molar-refractivity contribution in [3.63, 3.8) is 0 Å². The monoisotopic (exact) mass is 234 g/mol. The lowest BCUT2D eigenvalue weighted by atomic mass is 10.2. The van der Waals surface area contributed by atoms with E-state index in [0.29, 0.717) is 17.5 Å². The molecule has 1 aliphatic carbocycles. The summed E-state index contributed by atoms with van der Waals surface area (Å²) in [5, 5.41) is 2.96. The number of carbonyl (C=O) groups excluding carboxylic acids is 1. The van der Waals surface area contributed by atoms with Crippen LogP contribution >= 0.6 is 0 Å². The highest BCUT2D eigenvalue weighted by molar-refractivity contribution is 5.78. The van der Waals surface area contributed by atoms with E-state index < -0.39 is 0 Å². The van der Waals surface area contributed by atoms with Crippen LogP contribution in [-0.2, 0) is 4.79 Å². The van der Waals surface area contributed by atoms with Gasteiger partial charge in [-0.3, -0.25) is 4.79 Å². The summed E-state index contributed by atoms with van der Waals surface area (Å²) in [5.74, 6) is 0.495. The first kappa shape index (κ1) is 11.8. The number of ether oxygens (including phenoxy) is 1. The number of amides is 1. The van der Waals surface area contributed by atoms with Crippen LogP contribution in [-0.4, -0.2) is 18.6 Å². The van der Waals surface area contributed by atoms with Gasteiger partial charge in [-0.1, -0.05) is 25.0 Å². The Labute approximate surface area is 101 Å². The predicted octanol–water partition coefficient (Wildman–Crippen LogP) is 1.71. The van der Waals surface area contributed by atoms with Crippen molar-refractivity contribution in [2.24, 2.45) is 0 Å². The highest BCUT2D eigenvalue weighted by Crippen LogP contribution is 2.20. The molecule has 0 spiro atoms. The second-order valence-electron chi connectivity index (χ2n) is 4.38. The number of nitrogen functional groups attached to an aromatic ring is 1. The molecule has 1 amide bonds. The summed E-state index contributed by atoms with van der Waals surface area (Å²) in [5.41, 5.74) is 6.27. The Morgan fingerprint density at radius 1 is 1.35 bits per heavy atom. The van der Waals surface area contributed by atoms with E-state index in [0.717, 1.165) is 12.8 Å². The number of para-hydroxylation sites is 2. The maximum atomic E-state index is 11.6. The molecule has 3 N–H and O–H groups in total. The van der Waals surface area contributed by atoms with Crippen molar-refractivity contribution in [1.29, 1.82) is 0 Å². The third-order valence-electron chi connectivity index (χ3n) is 3.00. The lowest BCUT2D eigenvalue weighted by Gasteiger charge is -2.13. The third kappa shape index (κ3) is 3.37. The minimum atomic E-state index is -0.0693. The summed E-state index contributed by atoms with van der Waals surface area (Å²) < 4.78 is 5.37. The maximum Gasteiger partial charge on any atom is 0.258 e. The minimum Gasteiger partial charge on any atom is -0.482 e. The zero-order chi connectivity index (χ0) is 12.1. The Hall–Kier alpha value is -1.71. The lowest BCUT2D eigenvalue weighted by molar-refractivity contribution is -0.123. The van der Waals surface area contributed by atoms with Crippen LogP contribution in [0.25, 0.3) is 0 Å². The van der Waals surface area contributed by atoms with Gasteiger partial charge < -0.3 is 15.8 Å². The Morgan fingerprint density at radius 3 is 2.76 bits per heavy atom. The number of hydrogen-bond acceptors (Lipinski definition) is 3. The first-order chi connectivity index (χ1) is 8.25. The number of carbonyl (C=O) groups is 1. The van der Waals surface area contributed by atoms with Gasteiger partial charge in [0.2, 0.25) is 0 Å². The van der Waals surface area contributed by atoms with Crippen molar-refractivity contribution in [2.45, 2.75) is 31.7 Å². The molecule has 1 aromatic carbocycles. The lowest BCUT2D eigenvalue weighted by Crippen LogP contribution is -2.36. The average Bonchev–Trinajstić information content (AvgIpc) is 2.81. The standard InChI is InChI=1S/C13H18N2O2/c14-11-7-3-4-8-12(11)17-9-13(16)15-10-5-1-2-6-10/h3-4,7-8,10H,1-2,5-6,9,14H2,(H,15,16). The quantitative estimate of drug-likeness (QED) is 0.779. The van der Waals surface area contributed by atoms with E-state index in [2.05, 4.69) is 5.32 Å². The number of anilines is 1. The van der Waals surface area contributed by atoms with Gasteiger partial charge >= 0.3 is 0 Å². The van der Waals surface area contributed by atoms with E-state index in [4.69, 9.17) is 10.5 Å². The molecule has 0 aromatic heterocycles. The van der Waals surface area contributed by atoms with Gasteiger partial charge in [0, 0.05) is 6.04 Å². The van der Waals surface area contributed by atoms with Gasteiger partial charge in [0.15, 0.2) is 6.61 Å². The smallest absolute Gasteiger partial charge is 0.258 e. The molecule has 2 rings (SSSR count). The summed E-state index contributed by atoms with van der Waals surface area (Å²) in [6.07, 6.45) is 4.58. The molecule has 1 aliphatic rings. The molecule has 17 heavy (non-hydrogen) atoms. The molecule has 0 heterocycles. The van der Waals surface area contributed by atoms with Gasteiger partial charge in [0.05, 0.1) is 5.69 Å². The molecule has 1 saturated carbocycles. The third-order valence-corrected chi connectivity index (χ3v) is 3.00. The molecule has 0 aliphatic heterocycles. The zero-order valence-electron chi connectivity index (χ0n) is 9.82. The van der Waals surface area contributed by atoms with Crippen molar-refractivity contribution in [2.75, 3.05) is 12.3 Å². The Bertz CT molecular complexity index is 387. The Balaban J connectivity index is 1.77. The predicted molar refractivity (Wildman–Crippen MR) is 66.7 cm³/mol. The van der Waals surface area contributed by atoms with Gasteiger partial charge in [0.1, 0.15) is 5.75 Å². The molecule has 4 nitrogen and oxygen atoms in total. The molecular formula is C13H18N2O2. The van der Waals surface area contributed by atoms with Crippen LogP contribution in [0.15, 0.2) is 24.3 Å². The first-order valence-electron chi connectivity index (χ1n) is 6.02. The molecule has 1 fully saturated rings. The molecule has 0 radical (unpaired) electrons. The van der Waals surface area contributed by atoms with Crippen molar-refractivity contribution in [3.05, 3.63) is 24.3 Å². The van der Waals surface area contributed by atoms with Crippen LogP contribution in [0.2, 0.25) is 0 Å². The highest BCUT2D eigenvalue weighted by Gasteiger charge is 2.17. The van der Waals surface area contributed by atoms with Gasteiger partial charge in [-0.25, -0.2) is 0 Å². The van der Waals surface area contributed by atoms with Crippen LogP contribution in [0.4, 0.5) is 5.69 Å². The van der Waals surface area contributed by atoms with Crippen LogP contribution in [0.1, 0.15) is 25.7 Å². The number of nitrogens with one attached hydrogen (secondary N) is 1. The van der Waals surface area contributed by atoms with E-state index in [-0.39, 0.29) is 12.5 Å². The zero-order valence-corrected chi connectivity index (χ0v) is 9.82. The molecular weight excluding hydrogens is 216 g/mol. The average molecular weight is 234 g/mol. The summed E-state index contributed by atoms with van der Waals surface area (Å²) in [6, 6.07) is 7.52. The van der Waals surface area contributed by atoms with E-state index in [1.54, 1.807) is 12.1 Å². The van der Waals surface area contributed by atoms with Crippen molar-refractivity contribution in [3.8, 4) is 5.75 Å². The van der Waals surface area contributed by atoms with Gasteiger partial charge in [-0.2, -0.15) is 0 Å². The first-order valence-corrected chi connectivity index (χ1v) is 6.02. The second kappa shape index (κ2) is 5.57. The molecule has 0 bridgehead atoms. The van der Waals surface area contributed by atoms with Crippen LogP contribution in [0.3, 0.4) is 0 Å². The van der Waals surface area contributed by atoms with Crippen LogP contribution < -0.4 is 15.8 Å². The van der Waals surface area contributed by atoms with Crippen molar-refractivity contribution >= 4 is 11.6 Å². The molecule has 0 saturated heterocycles. The van der Waals surface area contributed by atoms with E-state index in [1.165, 1.54) is 12.8 Å². The number of hydrogen-bond donors (Lipinski definition) is 2. The van der Waals surface area contributed by atoms with Crippen molar-refractivity contribution in [1.82, 2.24) is 5.32 Å². The summed E-state index contributed by atoms with van der Waals surface area (Å²) in [7, 11) is 0. The fraction of sp³-hybridized carbons (Fsp3) is 0.462. The maximum absolute atomic E-state index is 11.6. The highest BCUT2D eigenvalue weighted by atomic mass is 16.5. The minimum absolute atomic E-state index is 0.0325. The summed E-state index contributed by atoms with van der Waals surface area (Å²) >= 11 is 0. The number of rotatable bonds is 4. The van der Waals surface area contributed by atoms with Gasteiger partial charge in [-0.15, -0.1) is 0 Å². The topological polar surface area (TPSA) is 64.3 Å². The van der Waals surface area contributed by atoms with Crippen LogP contribution in [0, 0.1) is 0 Å². The summed E-state index contributed by atoms with van der Waals surface area (Å²) in [6.45, 7) is 0.0325. The van der Waals surface area contributed by atoms with Crippen LogP contribution in [0.5, 0.6) is 5.75 Å². The molecule has 0 unspecified atom stereocenters. The molecule has 4 heteroatoms. The van der Waals surface area contributed by atoms with E-state index in [9.17, 15) is 4.79 Å². The normalized spacial score (nSPS) is 15.8. The molecule has 0 atom stereocenters. The van der Waals surface area contributed by atoms with Gasteiger partial charge in [-0.05, 0) is 25.0 Å².